The third-order valence-electron chi connectivity index (χ3n) is 3.03. The standard InChI is InChI=1S/C14H21N3O/c1-3-15-9-8-14-16-12-6-4-5-7-13(12)17(14)10-11-18-2/h4-7,15H,3,8-11H2,1-2H3. The molecule has 0 amide bonds. The first-order valence-electron chi connectivity index (χ1n) is 6.50. The van der Waals surface area contributed by atoms with Crippen molar-refractivity contribution in [1.29, 1.82) is 0 Å². The Kier molecular flexibility index (Phi) is 4.73. The van der Waals surface area contributed by atoms with E-state index in [0.717, 1.165) is 37.4 Å². The average Bonchev–Trinajstić information content (AvgIpc) is 2.74. The van der Waals surface area contributed by atoms with Gasteiger partial charge >= 0.3 is 0 Å². The number of nitrogens with one attached hydrogen (secondary N) is 1. The van der Waals surface area contributed by atoms with Gasteiger partial charge in [0.1, 0.15) is 5.82 Å². The molecule has 1 heterocycles. The Morgan fingerprint density at radius 2 is 2.17 bits per heavy atom. The van der Waals surface area contributed by atoms with Gasteiger partial charge in [-0.15, -0.1) is 0 Å². The molecular weight excluding hydrogens is 226 g/mol. The Balaban J connectivity index is 2.25. The number of hydrogen-bond donors (Lipinski definition) is 1. The number of aromatic nitrogens is 2. The highest BCUT2D eigenvalue weighted by Gasteiger charge is 2.09. The minimum atomic E-state index is 0.717. The number of fused-ring (bicyclic) bond motifs is 1. The van der Waals surface area contributed by atoms with Crippen molar-refractivity contribution in [2.45, 2.75) is 19.9 Å². The molecule has 0 fully saturated rings. The van der Waals surface area contributed by atoms with Gasteiger partial charge in [0.25, 0.3) is 0 Å². The number of benzene rings is 1. The molecule has 2 aromatic rings. The summed E-state index contributed by atoms with van der Waals surface area (Å²) in [4.78, 5) is 4.70. The second kappa shape index (κ2) is 6.52. The monoisotopic (exact) mass is 247 g/mol. The lowest BCUT2D eigenvalue weighted by Crippen LogP contribution is -2.19. The molecule has 0 aliphatic carbocycles. The lowest BCUT2D eigenvalue weighted by atomic mass is 10.3. The summed E-state index contributed by atoms with van der Waals surface area (Å²) in [5.41, 5.74) is 2.26. The van der Waals surface area contributed by atoms with E-state index in [1.165, 1.54) is 5.52 Å². The molecule has 0 unspecified atom stereocenters. The van der Waals surface area contributed by atoms with Gasteiger partial charge < -0.3 is 14.6 Å². The van der Waals surface area contributed by atoms with Gasteiger partial charge in [-0.25, -0.2) is 4.98 Å². The molecule has 0 bridgehead atoms. The van der Waals surface area contributed by atoms with Gasteiger partial charge in [-0.2, -0.15) is 0 Å². The van der Waals surface area contributed by atoms with Crippen molar-refractivity contribution >= 4 is 11.0 Å². The SMILES string of the molecule is CCNCCc1nc2ccccc2n1CCOC. The highest BCUT2D eigenvalue weighted by Crippen LogP contribution is 2.16. The molecule has 0 radical (unpaired) electrons. The molecule has 98 valence electrons. The maximum absolute atomic E-state index is 5.18. The van der Waals surface area contributed by atoms with E-state index in [-0.39, 0.29) is 0 Å². The van der Waals surface area contributed by atoms with Crippen LogP contribution in [0.1, 0.15) is 12.7 Å². The molecule has 0 atom stereocenters. The minimum Gasteiger partial charge on any atom is -0.383 e. The van der Waals surface area contributed by atoms with E-state index < -0.39 is 0 Å². The van der Waals surface area contributed by atoms with Crippen LogP contribution in [0.4, 0.5) is 0 Å². The van der Waals surface area contributed by atoms with Gasteiger partial charge in [0.2, 0.25) is 0 Å². The van der Waals surface area contributed by atoms with Gasteiger partial charge in [0, 0.05) is 26.6 Å². The van der Waals surface area contributed by atoms with Crippen LogP contribution in [0.3, 0.4) is 0 Å². The lowest BCUT2D eigenvalue weighted by molar-refractivity contribution is 0.187. The Morgan fingerprint density at radius 1 is 1.33 bits per heavy atom. The van der Waals surface area contributed by atoms with E-state index >= 15 is 0 Å². The van der Waals surface area contributed by atoms with E-state index in [0.29, 0.717) is 6.61 Å². The van der Waals surface area contributed by atoms with Crippen LogP contribution >= 0.6 is 0 Å². The van der Waals surface area contributed by atoms with Crippen molar-refractivity contribution in [1.82, 2.24) is 14.9 Å². The molecule has 1 aromatic carbocycles. The summed E-state index contributed by atoms with van der Waals surface area (Å²) in [5, 5.41) is 3.34. The first-order valence-corrected chi connectivity index (χ1v) is 6.50. The fourth-order valence-corrected chi connectivity index (χ4v) is 2.13. The van der Waals surface area contributed by atoms with Crippen LogP contribution in [0.5, 0.6) is 0 Å². The summed E-state index contributed by atoms with van der Waals surface area (Å²) in [7, 11) is 1.73. The van der Waals surface area contributed by atoms with Crippen LogP contribution in [-0.4, -0.2) is 36.4 Å². The molecule has 1 N–H and O–H groups in total. The van der Waals surface area contributed by atoms with E-state index in [1.807, 2.05) is 6.07 Å². The van der Waals surface area contributed by atoms with Gasteiger partial charge in [0.15, 0.2) is 0 Å². The number of imidazole rings is 1. The minimum absolute atomic E-state index is 0.717. The second-order valence-electron chi connectivity index (χ2n) is 4.26. The van der Waals surface area contributed by atoms with Crippen LogP contribution in [0, 0.1) is 0 Å². The van der Waals surface area contributed by atoms with Crippen molar-refractivity contribution in [2.75, 3.05) is 26.8 Å². The Bertz CT molecular complexity index is 493. The third kappa shape index (κ3) is 2.89. The quantitative estimate of drug-likeness (QED) is 0.759. The van der Waals surface area contributed by atoms with Gasteiger partial charge in [-0.1, -0.05) is 19.1 Å². The fourth-order valence-electron chi connectivity index (χ4n) is 2.13. The van der Waals surface area contributed by atoms with Gasteiger partial charge in [-0.3, -0.25) is 0 Å². The van der Waals surface area contributed by atoms with Crippen LogP contribution < -0.4 is 5.32 Å². The van der Waals surface area contributed by atoms with Gasteiger partial charge in [-0.05, 0) is 18.7 Å². The highest BCUT2D eigenvalue weighted by atomic mass is 16.5. The summed E-state index contributed by atoms with van der Waals surface area (Å²) in [6.45, 7) is 5.66. The number of para-hydroxylation sites is 2. The summed E-state index contributed by atoms with van der Waals surface area (Å²) in [5.74, 6) is 1.13. The smallest absolute Gasteiger partial charge is 0.111 e. The number of hydrogen-bond acceptors (Lipinski definition) is 3. The predicted molar refractivity (Wildman–Crippen MR) is 73.9 cm³/mol. The molecule has 0 saturated carbocycles. The topological polar surface area (TPSA) is 39.1 Å². The molecule has 4 nitrogen and oxygen atoms in total. The van der Waals surface area contributed by atoms with E-state index in [1.54, 1.807) is 7.11 Å². The zero-order valence-electron chi connectivity index (χ0n) is 11.1. The van der Waals surface area contributed by atoms with Crippen molar-refractivity contribution in [3.63, 3.8) is 0 Å². The van der Waals surface area contributed by atoms with Crippen LogP contribution in [0.2, 0.25) is 0 Å². The van der Waals surface area contributed by atoms with E-state index in [9.17, 15) is 0 Å². The number of likely N-dealkylation sites (N-methyl/N-ethyl adjacent to an activating group) is 1. The molecule has 0 aliphatic heterocycles. The fraction of sp³-hybridized carbons (Fsp3) is 0.500. The summed E-state index contributed by atoms with van der Waals surface area (Å²) in [6.07, 6.45) is 0.951. The largest absolute Gasteiger partial charge is 0.383 e. The summed E-state index contributed by atoms with van der Waals surface area (Å²) < 4.78 is 7.44. The first kappa shape index (κ1) is 13.1. The van der Waals surface area contributed by atoms with Crippen LogP contribution in [0.15, 0.2) is 24.3 Å². The van der Waals surface area contributed by atoms with E-state index in [2.05, 4.69) is 35.0 Å². The zero-order valence-corrected chi connectivity index (χ0v) is 11.1. The molecule has 0 aliphatic rings. The Labute approximate surface area is 108 Å². The summed E-state index contributed by atoms with van der Waals surface area (Å²) in [6, 6.07) is 8.27. The van der Waals surface area contributed by atoms with Gasteiger partial charge in [0.05, 0.1) is 17.6 Å². The normalized spacial score (nSPS) is 11.2. The second-order valence-corrected chi connectivity index (χ2v) is 4.26. The maximum Gasteiger partial charge on any atom is 0.111 e. The Morgan fingerprint density at radius 3 is 2.94 bits per heavy atom. The van der Waals surface area contributed by atoms with Crippen molar-refractivity contribution in [3.8, 4) is 0 Å². The molecule has 0 spiro atoms. The number of methoxy groups -OCH3 is 1. The summed E-state index contributed by atoms with van der Waals surface area (Å²) >= 11 is 0. The predicted octanol–water partition coefficient (Wildman–Crippen LogP) is 1.83. The number of ether oxygens (including phenoxy) is 1. The first-order chi connectivity index (χ1) is 8.86. The molecule has 0 saturated heterocycles. The van der Waals surface area contributed by atoms with Crippen molar-refractivity contribution < 1.29 is 4.74 Å². The lowest BCUT2D eigenvalue weighted by Gasteiger charge is -2.08. The van der Waals surface area contributed by atoms with Crippen molar-refractivity contribution in [2.24, 2.45) is 0 Å². The molecule has 4 heteroatoms. The maximum atomic E-state index is 5.18. The zero-order chi connectivity index (χ0) is 12.8. The van der Waals surface area contributed by atoms with Crippen LogP contribution in [-0.2, 0) is 17.7 Å². The highest BCUT2D eigenvalue weighted by molar-refractivity contribution is 5.75. The van der Waals surface area contributed by atoms with Crippen LogP contribution in [0.25, 0.3) is 11.0 Å². The number of nitrogens with zero attached hydrogens (tertiary/aromatic N) is 2. The molecule has 2 rings (SSSR count). The Hall–Kier alpha value is -1.39. The molecular formula is C14H21N3O. The average molecular weight is 247 g/mol. The molecule has 1 aromatic heterocycles. The third-order valence-corrected chi connectivity index (χ3v) is 3.03. The molecule has 18 heavy (non-hydrogen) atoms. The number of rotatable bonds is 7. The van der Waals surface area contributed by atoms with Crippen molar-refractivity contribution in [3.05, 3.63) is 30.1 Å². The van der Waals surface area contributed by atoms with E-state index in [4.69, 9.17) is 9.72 Å².